The first-order valence-corrected chi connectivity index (χ1v) is 12.2. The molecule has 0 aliphatic heterocycles. The van der Waals surface area contributed by atoms with Crippen molar-refractivity contribution >= 4 is 17.5 Å². The average Bonchev–Trinajstić information content (AvgIpc) is 2.90. The number of nitrogens with one attached hydrogen (secondary N) is 3. The molecule has 10 nitrogen and oxygen atoms in total. The van der Waals surface area contributed by atoms with Crippen LogP contribution in [0.4, 0.5) is 30.6 Å². The fourth-order valence-electron chi connectivity index (χ4n) is 4.35. The molecule has 2 heterocycles. The molecule has 1 fully saturated rings. The third kappa shape index (κ3) is 8.00. The molecule has 3 aromatic rings. The lowest BCUT2D eigenvalue weighted by atomic mass is 9.86. The Morgan fingerprint density at radius 3 is 2.53 bits per heavy atom. The van der Waals surface area contributed by atoms with Gasteiger partial charge in [0.15, 0.2) is 0 Å². The topological polar surface area (TPSA) is 127 Å². The van der Waals surface area contributed by atoms with Gasteiger partial charge in [-0.2, -0.15) is 4.98 Å². The van der Waals surface area contributed by atoms with E-state index in [0.717, 1.165) is 44.0 Å². The summed E-state index contributed by atoms with van der Waals surface area (Å²) in [6.45, 7) is 1.20. The predicted octanol–water partition coefficient (Wildman–Crippen LogP) is 5.05. The lowest BCUT2D eigenvalue weighted by Gasteiger charge is -2.29. The summed E-state index contributed by atoms with van der Waals surface area (Å²) in [7, 11) is 0. The van der Waals surface area contributed by atoms with E-state index in [2.05, 4.69) is 35.6 Å². The zero-order valence-corrected chi connectivity index (χ0v) is 20.4. The molecule has 1 aromatic carbocycles. The van der Waals surface area contributed by atoms with E-state index in [1.165, 1.54) is 18.2 Å². The van der Waals surface area contributed by atoms with E-state index >= 15 is 0 Å². The van der Waals surface area contributed by atoms with Gasteiger partial charge in [0.2, 0.25) is 11.8 Å². The Kier molecular flexibility index (Phi) is 8.89. The number of ether oxygens (including phenoxy) is 1. The normalized spacial score (nSPS) is 17.6. The molecule has 4 rings (SSSR count). The van der Waals surface area contributed by atoms with E-state index in [0.29, 0.717) is 18.5 Å². The van der Waals surface area contributed by atoms with Crippen molar-refractivity contribution in [3.8, 4) is 5.75 Å². The molecule has 1 aliphatic carbocycles. The summed E-state index contributed by atoms with van der Waals surface area (Å²) < 4.78 is 42.1. The van der Waals surface area contributed by atoms with Crippen molar-refractivity contribution in [1.82, 2.24) is 20.3 Å². The van der Waals surface area contributed by atoms with Crippen LogP contribution in [0.25, 0.3) is 0 Å². The molecule has 202 valence electrons. The molecule has 1 saturated carbocycles. The number of pyridine rings is 1. The molecule has 0 unspecified atom stereocenters. The lowest BCUT2D eigenvalue weighted by Crippen LogP contribution is -2.34. The van der Waals surface area contributed by atoms with Gasteiger partial charge in [0, 0.05) is 43.6 Å². The molecule has 2 aromatic heterocycles. The van der Waals surface area contributed by atoms with Gasteiger partial charge in [-0.05, 0) is 49.3 Å². The first-order valence-electron chi connectivity index (χ1n) is 12.2. The Bertz CT molecular complexity index is 1210. The van der Waals surface area contributed by atoms with Gasteiger partial charge in [0.25, 0.3) is 0 Å². The van der Waals surface area contributed by atoms with Crippen LogP contribution in [0.3, 0.4) is 0 Å². The van der Waals surface area contributed by atoms with Gasteiger partial charge >= 0.3 is 12.0 Å². The maximum absolute atomic E-state index is 12.7. The molecule has 0 radical (unpaired) electrons. The van der Waals surface area contributed by atoms with E-state index in [1.54, 1.807) is 12.3 Å². The minimum absolute atomic E-state index is 0.0446. The smallest absolute Gasteiger partial charge is 0.405 e. The van der Waals surface area contributed by atoms with Gasteiger partial charge in [0.1, 0.15) is 11.9 Å². The molecule has 13 heteroatoms. The van der Waals surface area contributed by atoms with E-state index in [-0.39, 0.29) is 35.3 Å². The summed E-state index contributed by atoms with van der Waals surface area (Å²) in [5, 5.41) is 21.0. The van der Waals surface area contributed by atoms with Crippen LogP contribution < -0.4 is 20.7 Å². The number of hydrogen-bond acceptors (Lipinski definition) is 9. The molecular formula is C25H28F3N7O3. The zero-order valence-electron chi connectivity index (χ0n) is 20.4. The van der Waals surface area contributed by atoms with Crippen molar-refractivity contribution in [3.63, 3.8) is 0 Å². The molecule has 0 atom stereocenters. The molecule has 0 bridgehead atoms. The maximum Gasteiger partial charge on any atom is 0.573 e. The third-order valence-electron chi connectivity index (χ3n) is 6.32. The highest BCUT2D eigenvalue weighted by molar-refractivity contribution is 5.57. The van der Waals surface area contributed by atoms with Crippen molar-refractivity contribution in [1.29, 1.82) is 0 Å². The summed E-state index contributed by atoms with van der Waals surface area (Å²) in [5.74, 6) is 0.0782. The summed E-state index contributed by atoms with van der Waals surface area (Å²) in [5.41, 5.74) is 1.09. The van der Waals surface area contributed by atoms with Crippen LogP contribution >= 0.6 is 0 Å². The van der Waals surface area contributed by atoms with E-state index in [4.69, 9.17) is 0 Å². The zero-order chi connectivity index (χ0) is 27.0. The second-order valence-corrected chi connectivity index (χ2v) is 9.03. The number of nitro groups is 1. The highest BCUT2D eigenvalue weighted by Crippen LogP contribution is 2.29. The highest BCUT2D eigenvalue weighted by atomic mass is 19.4. The summed E-state index contributed by atoms with van der Waals surface area (Å²) in [4.78, 5) is 23.2. The molecule has 3 N–H and O–H groups in total. The van der Waals surface area contributed by atoms with Gasteiger partial charge in [0.05, 0.1) is 4.92 Å². The fourth-order valence-corrected chi connectivity index (χ4v) is 4.35. The Morgan fingerprint density at radius 1 is 1.03 bits per heavy atom. The van der Waals surface area contributed by atoms with E-state index in [9.17, 15) is 23.3 Å². The van der Waals surface area contributed by atoms with Crippen LogP contribution in [0.15, 0.2) is 55.0 Å². The molecule has 38 heavy (non-hydrogen) atoms. The number of aromatic nitrogens is 3. The quantitative estimate of drug-likeness (QED) is 0.230. The van der Waals surface area contributed by atoms with Crippen molar-refractivity contribution < 1.29 is 22.8 Å². The minimum atomic E-state index is -4.83. The fraction of sp³-hybridized carbons (Fsp3) is 0.400. The first kappa shape index (κ1) is 27.0. The van der Waals surface area contributed by atoms with Crippen LogP contribution in [-0.4, -0.2) is 38.8 Å². The minimum Gasteiger partial charge on any atom is -0.405 e. The van der Waals surface area contributed by atoms with Crippen molar-refractivity contribution in [2.24, 2.45) is 5.92 Å². The third-order valence-corrected chi connectivity index (χ3v) is 6.32. The summed E-state index contributed by atoms with van der Waals surface area (Å²) >= 11 is 0. The number of nitrogens with zero attached hydrogens (tertiary/aromatic N) is 4. The summed E-state index contributed by atoms with van der Waals surface area (Å²) in [6.07, 6.45) is 3.73. The Labute approximate surface area is 217 Å². The predicted molar refractivity (Wildman–Crippen MR) is 134 cm³/mol. The van der Waals surface area contributed by atoms with Crippen molar-refractivity contribution in [2.45, 2.75) is 51.2 Å². The second kappa shape index (κ2) is 12.5. The number of alkyl halides is 3. The first-order chi connectivity index (χ1) is 18.3. The molecule has 0 spiro atoms. The van der Waals surface area contributed by atoms with Crippen LogP contribution in [0.5, 0.6) is 5.75 Å². The second-order valence-electron chi connectivity index (χ2n) is 9.03. The number of para-hydroxylation sites is 1. The van der Waals surface area contributed by atoms with Gasteiger partial charge in [-0.25, -0.2) is 4.98 Å². The summed E-state index contributed by atoms with van der Waals surface area (Å²) in [6, 6.07) is 10.0. The Hall–Kier alpha value is -4.00. The Morgan fingerprint density at radius 2 is 1.82 bits per heavy atom. The number of anilines is 2. The van der Waals surface area contributed by atoms with E-state index in [1.807, 2.05) is 18.3 Å². The number of benzene rings is 1. The maximum atomic E-state index is 12.7. The van der Waals surface area contributed by atoms with Gasteiger partial charge in [-0.1, -0.05) is 24.3 Å². The van der Waals surface area contributed by atoms with Crippen LogP contribution in [0.2, 0.25) is 0 Å². The standard InChI is InChI=1S/C25H28F3N7O3/c26-25(27,28)38-22-6-2-1-5-19(22)15-32-24-33-16-21(35(36)37)23(34-24)31-13-17-7-9-20(10-8-17)30-14-18-4-3-11-29-12-18/h1-6,11-12,16-17,20,30H,7-10,13-15H2,(H2,31,32,33,34). The Balaban J connectivity index is 1.31. The van der Waals surface area contributed by atoms with Crippen LogP contribution in [0, 0.1) is 16.0 Å². The average molecular weight is 532 g/mol. The highest BCUT2D eigenvalue weighted by Gasteiger charge is 2.32. The van der Waals surface area contributed by atoms with E-state index < -0.39 is 11.3 Å². The van der Waals surface area contributed by atoms with Crippen molar-refractivity contribution in [3.05, 3.63) is 76.2 Å². The molecule has 0 amide bonds. The number of rotatable bonds is 11. The van der Waals surface area contributed by atoms with Crippen LogP contribution in [0.1, 0.15) is 36.8 Å². The van der Waals surface area contributed by atoms with Crippen molar-refractivity contribution in [2.75, 3.05) is 17.2 Å². The molecule has 0 saturated heterocycles. The number of halogens is 3. The van der Waals surface area contributed by atoms with Crippen LogP contribution in [-0.2, 0) is 13.1 Å². The lowest BCUT2D eigenvalue weighted by molar-refractivity contribution is -0.384. The van der Waals surface area contributed by atoms with Gasteiger partial charge in [-0.3, -0.25) is 15.1 Å². The SMILES string of the molecule is O=[N+]([O-])c1cnc(NCc2ccccc2OC(F)(F)F)nc1NCC1CCC(NCc2cccnc2)CC1. The largest absolute Gasteiger partial charge is 0.573 e. The monoisotopic (exact) mass is 531 g/mol. The molecule has 1 aliphatic rings. The van der Waals surface area contributed by atoms with Gasteiger partial charge in [-0.15, -0.1) is 13.2 Å². The molecular weight excluding hydrogens is 503 g/mol. The van der Waals surface area contributed by atoms with Gasteiger partial charge < -0.3 is 20.7 Å². The number of hydrogen-bond donors (Lipinski definition) is 3.